The fraction of sp³-hybridized carbons (Fsp3) is 0.0909. The topological polar surface area (TPSA) is 79.8 Å². The zero-order valence-electron chi connectivity index (χ0n) is 8.47. The lowest BCUT2D eigenvalue weighted by Crippen LogP contribution is -1.87. The Kier molecular flexibility index (Phi) is 2.48. The molecule has 0 aliphatic heterocycles. The van der Waals surface area contributed by atoms with Crippen LogP contribution in [0, 0.1) is 18.3 Å². The number of nitriles is 1. The standard InChI is InChI=1S/C11H7N3O2/c1-7-2-10(13-5-8(7)4-12)11-3-9(6-15)14-16-11/h2-3,5-6H,1H3. The van der Waals surface area contributed by atoms with E-state index in [9.17, 15) is 4.79 Å². The van der Waals surface area contributed by atoms with Gasteiger partial charge >= 0.3 is 0 Å². The Labute approximate surface area is 91.3 Å². The number of aldehydes is 1. The number of rotatable bonds is 2. The summed E-state index contributed by atoms with van der Waals surface area (Å²) in [5.74, 6) is 0.412. The van der Waals surface area contributed by atoms with Crippen LogP contribution in [-0.4, -0.2) is 16.4 Å². The maximum absolute atomic E-state index is 10.4. The molecule has 0 radical (unpaired) electrons. The fourth-order valence-corrected chi connectivity index (χ4v) is 1.27. The Morgan fingerprint density at radius 3 is 2.88 bits per heavy atom. The summed E-state index contributed by atoms with van der Waals surface area (Å²) in [7, 11) is 0. The summed E-state index contributed by atoms with van der Waals surface area (Å²) in [4.78, 5) is 14.5. The molecule has 0 unspecified atom stereocenters. The van der Waals surface area contributed by atoms with Crippen LogP contribution in [0.1, 0.15) is 21.6 Å². The summed E-state index contributed by atoms with van der Waals surface area (Å²) in [5.41, 5.74) is 2.09. The van der Waals surface area contributed by atoms with Crippen LogP contribution < -0.4 is 0 Å². The van der Waals surface area contributed by atoms with Crippen LogP contribution in [0.3, 0.4) is 0 Å². The van der Waals surface area contributed by atoms with E-state index in [2.05, 4.69) is 10.1 Å². The molecule has 0 aromatic carbocycles. The number of hydrogen-bond donors (Lipinski definition) is 0. The van der Waals surface area contributed by atoms with Gasteiger partial charge in [0.05, 0.1) is 5.56 Å². The highest BCUT2D eigenvalue weighted by Gasteiger charge is 2.09. The molecule has 16 heavy (non-hydrogen) atoms. The molecule has 2 rings (SSSR count). The summed E-state index contributed by atoms with van der Waals surface area (Å²) < 4.78 is 4.94. The Balaban J connectivity index is 2.45. The van der Waals surface area contributed by atoms with Gasteiger partial charge in [-0.3, -0.25) is 9.78 Å². The number of aromatic nitrogens is 2. The minimum absolute atomic E-state index is 0.221. The smallest absolute Gasteiger partial charge is 0.185 e. The average molecular weight is 213 g/mol. The first-order chi connectivity index (χ1) is 7.74. The number of pyridine rings is 1. The van der Waals surface area contributed by atoms with Gasteiger partial charge in [0.25, 0.3) is 0 Å². The molecule has 5 heteroatoms. The van der Waals surface area contributed by atoms with Gasteiger partial charge in [-0.1, -0.05) is 5.16 Å². The first kappa shape index (κ1) is 10.1. The van der Waals surface area contributed by atoms with Crippen molar-refractivity contribution in [3.63, 3.8) is 0 Å². The predicted molar refractivity (Wildman–Crippen MR) is 54.6 cm³/mol. The lowest BCUT2D eigenvalue weighted by Gasteiger charge is -1.98. The Morgan fingerprint density at radius 2 is 2.31 bits per heavy atom. The summed E-state index contributed by atoms with van der Waals surface area (Å²) in [6.45, 7) is 1.81. The van der Waals surface area contributed by atoms with Crippen molar-refractivity contribution in [1.29, 1.82) is 5.26 Å². The van der Waals surface area contributed by atoms with Crippen LogP contribution in [0.2, 0.25) is 0 Å². The highest BCUT2D eigenvalue weighted by molar-refractivity contribution is 5.74. The molecule has 0 aliphatic rings. The van der Waals surface area contributed by atoms with Crippen LogP contribution in [0.5, 0.6) is 0 Å². The van der Waals surface area contributed by atoms with Gasteiger partial charge < -0.3 is 4.52 Å². The van der Waals surface area contributed by atoms with E-state index >= 15 is 0 Å². The second-order valence-corrected chi connectivity index (χ2v) is 3.23. The van der Waals surface area contributed by atoms with Crippen molar-refractivity contribution in [3.8, 4) is 17.5 Å². The monoisotopic (exact) mass is 213 g/mol. The molecule has 0 saturated carbocycles. The molecule has 0 atom stereocenters. The first-order valence-corrected chi connectivity index (χ1v) is 4.53. The van der Waals surface area contributed by atoms with Crippen LogP contribution >= 0.6 is 0 Å². The Hall–Kier alpha value is -2.48. The average Bonchev–Trinajstić information content (AvgIpc) is 2.77. The summed E-state index contributed by atoms with van der Waals surface area (Å²) in [5, 5.41) is 12.3. The van der Waals surface area contributed by atoms with Crippen molar-refractivity contribution < 1.29 is 9.32 Å². The summed E-state index contributed by atoms with van der Waals surface area (Å²) in [6, 6.07) is 5.24. The highest BCUT2D eigenvalue weighted by atomic mass is 16.5. The van der Waals surface area contributed by atoms with E-state index in [1.54, 1.807) is 13.0 Å². The van der Waals surface area contributed by atoms with Gasteiger partial charge in [-0.2, -0.15) is 5.26 Å². The fourth-order valence-electron chi connectivity index (χ4n) is 1.27. The second kappa shape index (κ2) is 3.95. The van der Waals surface area contributed by atoms with Crippen molar-refractivity contribution in [1.82, 2.24) is 10.1 Å². The molecule has 0 fully saturated rings. The lowest BCUT2D eigenvalue weighted by molar-refractivity contribution is 0.111. The number of carbonyl (C=O) groups is 1. The van der Waals surface area contributed by atoms with Crippen molar-refractivity contribution in [2.24, 2.45) is 0 Å². The van der Waals surface area contributed by atoms with Gasteiger partial charge in [0, 0.05) is 12.3 Å². The Morgan fingerprint density at radius 1 is 1.50 bits per heavy atom. The molecule has 0 bridgehead atoms. The molecule has 5 nitrogen and oxygen atoms in total. The number of carbonyl (C=O) groups excluding carboxylic acids is 1. The number of aryl methyl sites for hydroxylation is 1. The molecule has 2 aromatic heterocycles. The van der Waals surface area contributed by atoms with E-state index in [4.69, 9.17) is 9.78 Å². The van der Waals surface area contributed by atoms with Crippen molar-refractivity contribution in [2.75, 3.05) is 0 Å². The van der Waals surface area contributed by atoms with Crippen molar-refractivity contribution in [2.45, 2.75) is 6.92 Å². The van der Waals surface area contributed by atoms with E-state index in [-0.39, 0.29) is 5.69 Å². The van der Waals surface area contributed by atoms with Gasteiger partial charge in [0.1, 0.15) is 17.5 Å². The van der Waals surface area contributed by atoms with Gasteiger partial charge in [0.15, 0.2) is 12.0 Å². The molecule has 2 heterocycles. The zero-order chi connectivity index (χ0) is 11.5. The molecule has 2 aromatic rings. The van der Waals surface area contributed by atoms with Crippen LogP contribution in [0.25, 0.3) is 11.5 Å². The van der Waals surface area contributed by atoms with Crippen LogP contribution in [-0.2, 0) is 0 Å². The third-order valence-corrected chi connectivity index (χ3v) is 2.13. The summed E-state index contributed by atoms with van der Waals surface area (Å²) in [6.07, 6.45) is 2.07. The number of nitrogens with zero attached hydrogens (tertiary/aromatic N) is 3. The Bertz CT molecular complexity index is 581. The molecule has 0 spiro atoms. The van der Waals surface area contributed by atoms with E-state index in [0.717, 1.165) is 5.56 Å². The predicted octanol–water partition coefficient (Wildman–Crippen LogP) is 1.73. The van der Waals surface area contributed by atoms with Crippen LogP contribution in [0.4, 0.5) is 0 Å². The third kappa shape index (κ3) is 1.68. The minimum Gasteiger partial charge on any atom is -0.354 e. The second-order valence-electron chi connectivity index (χ2n) is 3.23. The quantitative estimate of drug-likeness (QED) is 0.709. The first-order valence-electron chi connectivity index (χ1n) is 4.53. The lowest BCUT2D eigenvalue weighted by atomic mass is 10.1. The molecule has 0 N–H and O–H groups in total. The summed E-state index contributed by atoms with van der Waals surface area (Å²) >= 11 is 0. The largest absolute Gasteiger partial charge is 0.354 e. The molecule has 0 saturated heterocycles. The van der Waals surface area contributed by atoms with Gasteiger partial charge in [-0.25, -0.2) is 0 Å². The SMILES string of the molecule is Cc1cc(-c2cc(C=O)no2)ncc1C#N. The van der Waals surface area contributed by atoms with Gasteiger partial charge in [-0.15, -0.1) is 0 Å². The van der Waals surface area contributed by atoms with Gasteiger partial charge in [-0.05, 0) is 18.6 Å². The van der Waals surface area contributed by atoms with Gasteiger partial charge in [0.2, 0.25) is 0 Å². The van der Waals surface area contributed by atoms with Crippen molar-refractivity contribution >= 4 is 6.29 Å². The normalized spacial score (nSPS) is 9.75. The molecule has 0 amide bonds. The third-order valence-electron chi connectivity index (χ3n) is 2.13. The maximum Gasteiger partial charge on any atom is 0.185 e. The van der Waals surface area contributed by atoms with E-state index in [0.29, 0.717) is 23.3 Å². The molecule has 78 valence electrons. The minimum atomic E-state index is 0.221. The molecule has 0 aliphatic carbocycles. The maximum atomic E-state index is 10.4. The van der Waals surface area contributed by atoms with Crippen molar-refractivity contribution in [3.05, 3.63) is 35.2 Å². The molecular weight excluding hydrogens is 206 g/mol. The van der Waals surface area contributed by atoms with E-state index < -0.39 is 0 Å². The van der Waals surface area contributed by atoms with Crippen LogP contribution in [0.15, 0.2) is 22.9 Å². The highest BCUT2D eigenvalue weighted by Crippen LogP contribution is 2.19. The molecular formula is C11H7N3O2. The zero-order valence-corrected chi connectivity index (χ0v) is 8.47. The number of hydrogen-bond acceptors (Lipinski definition) is 5. The van der Waals surface area contributed by atoms with E-state index in [1.165, 1.54) is 12.3 Å². The van der Waals surface area contributed by atoms with E-state index in [1.807, 2.05) is 6.07 Å².